The average Bonchev–Trinajstić information content (AvgIpc) is 2.18. The van der Waals surface area contributed by atoms with E-state index in [0.29, 0.717) is 5.11 Å². The van der Waals surface area contributed by atoms with Crippen LogP contribution in [0, 0.1) is 6.92 Å². The molecule has 0 heterocycles. The number of hydrogen-bond acceptors (Lipinski definition) is 2. The Bertz CT molecular complexity index is 313. The van der Waals surface area contributed by atoms with Crippen LogP contribution in [0.3, 0.4) is 0 Å². The summed E-state index contributed by atoms with van der Waals surface area (Å²) >= 11 is 9.20. The number of thiol groups is 1. The lowest BCUT2D eigenvalue weighted by atomic mass is 10.2. The van der Waals surface area contributed by atoms with E-state index in [2.05, 4.69) is 23.3 Å². The molecule has 0 amide bonds. The predicted molar refractivity (Wildman–Crippen MR) is 69.3 cm³/mol. The number of nitrogens with one attached hydrogen (secondary N) is 2. The molecule has 0 aromatic heterocycles. The summed E-state index contributed by atoms with van der Waals surface area (Å²) in [6.07, 6.45) is 0. The minimum absolute atomic E-state index is 0.647. The molecular formula is C10H14N2S2. The van der Waals surface area contributed by atoms with Crippen LogP contribution >= 0.6 is 24.8 Å². The Hall–Kier alpha value is -0.740. The first-order valence-electron chi connectivity index (χ1n) is 4.45. The number of anilines is 1. The Morgan fingerprint density at radius 3 is 2.79 bits per heavy atom. The molecule has 0 aliphatic heterocycles. The molecule has 0 fully saturated rings. The fourth-order valence-corrected chi connectivity index (χ4v) is 1.37. The lowest BCUT2D eigenvalue weighted by Gasteiger charge is -2.11. The topological polar surface area (TPSA) is 24.1 Å². The normalized spacial score (nSPS) is 9.57. The molecule has 14 heavy (non-hydrogen) atoms. The molecule has 2 N–H and O–H groups in total. The van der Waals surface area contributed by atoms with Crippen molar-refractivity contribution in [3.05, 3.63) is 29.8 Å². The predicted octanol–water partition coefficient (Wildman–Crippen LogP) is 2.21. The molecule has 0 atom stereocenters. The van der Waals surface area contributed by atoms with Crippen LogP contribution in [-0.4, -0.2) is 17.4 Å². The van der Waals surface area contributed by atoms with Crippen LogP contribution in [0.15, 0.2) is 24.3 Å². The standard InChI is InChI=1S/C10H14N2S2/c1-8-4-2-3-5-9(8)12-10(14)11-6-7-13/h2-5,13H,6-7H2,1H3,(H2,11,12,14). The van der Waals surface area contributed by atoms with E-state index in [1.807, 2.05) is 31.2 Å². The van der Waals surface area contributed by atoms with E-state index in [9.17, 15) is 0 Å². The third-order valence-electron chi connectivity index (χ3n) is 1.79. The minimum Gasteiger partial charge on any atom is -0.362 e. The molecular weight excluding hydrogens is 212 g/mol. The van der Waals surface area contributed by atoms with Gasteiger partial charge in [0.25, 0.3) is 0 Å². The highest BCUT2D eigenvalue weighted by atomic mass is 32.1. The monoisotopic (exact) mass is 226 g/mol. The van der Waals surface area contributed by atoms with Crippen LogP contribution in [0.25, 0.3) is 0 Å². The van der Waals surface area contributed by atoms with E-state index in [-0.39, 0.29) is 0 Å². The highest BCUT2D eigenvalue weighted by Crippen LogP contribution is 2.12. The van der Waals surface area contributed by atoms with E-state index in [1.54, 1.807) is 0 Å². The first kappa shape index (κ1) is 11.3. The van der Waals surface area contributed by atoms with Gasteiger partial charge in [-0.2, -0.15) is 12.6 Å². The highest BCUT2D eigenvalue weighted by Gasteiger charge is 1.98. The summed E-state index contributed by atoms with van der Waals surface area (Å²) < 4.78 is 0. The van der Waals surface area contributed by atoms with E-state index in [4.69, 9.17) is 12.2 Å². The second-order valence-electron chi connectivity index (χ2n) is 2.92. The number of thiocarbonyl (C=S) groups is 1. The van der Waals surface area contributed by atoms with Crippen LogP contribution in [0.1, 0.15) is 5.56 Å². The van der Waals surface area contributed by atoms with Gasteiger partial charge in [0, 0.05) is 18.0 Å². The lowest BCUT2D eigenvalue weighted by Crippen LogP contribution is -2.30. The van der Waals surface area contributed by atoms with Crippen molar-refractivity contribution in [1.82, 2.24) is 5.32 Å². The van der Waals surface area contributed by atoms with Gasteiger partial charge < -0.3 is 10.6 Å². The van der Waals surface area contributed by atoms with Crippen LogP contribution in [0.4, 0.5) is 5.69 Å². The fraction of sp³-hybridized carbons (Fsp3) is 0.300. The van der Waals surface area contributed by atoms with Crippen LogP contribution in [-0.2, 0) is 0 Å². The molecule has 0 saturated carbocycles. The fourth-order valence-electron chi connectivity index (χ4n) is 1.05. The number of para-hydroxylation sites is 1. The zero-order valence-corrected chi connectivity index (χ0v) is 9.79. The van der Waals surface area contributed by atoms with Crippen molar-refractivity contribution in [2.24, 2.45) is 0 Å². The summed E-state index contributed by atoms with van der Waals surface area (Å²) in [5.74, 6) is 0.773. The van der Waals surface area contributed by atoms with Gasteiger partial charge in [0.1, 0.15) is 0 Å². The van der Waals surface area contributed by atoms with Gasteiger partial charge >= 0.3 is 0 Å². The van der Waals surface area contributed by atoms with Crippen molar-refractivity contribution in [1.29, 1.82) is 0 Å². The zero-order valence-electron chi connectivity index (χ0n) is 8.08. The maximum Gasteiger partial charge on any atom is 0.170 e. The van der Waals surface area contributed by atoms with Crippen molar-refractivity contribution >= 4 is 35.6 Å². The molecule has 4 heteroatoms. The summed E-state index contributed by atoms with van der Waals surface area (Å²) in [4.78, 5) is 0. The van der Waals surface area contributed by atoms with Crippen LogP contribution in [0.2, 0.25) is 0 Å². The van der Waals surface area contributed by atoms with Gasteiger partial charge in [0.2, 0.25) is 0 Å². The van der Waals surface area contributed by atoms with Gasteiger partial charge in [-0.15, -0.1) is 0 Å². The molecule has 76 valence electrons. The average molecular weight is 226 g/mol. The number of rotatable bonds is 3. The van der Waals surface area contributed by atoms with E-state index in [1.165, 1.54) is 5.56 Å². The third kappa shape index (κ3) is 3.55. The molecule has 0 saturated heterocycles. The van der Waals surface area contributed by atoms with Crippen LogP contribution < -0.4 is 10.6 Å². The van der Waals surface area contributed by atoms with Crippen molar-refractivity contribution in [3.63, 3.8) is 0 Å². The first-order valence-corrected chi connectivity index (χ1v) is 5.49. The maximum atomic E-state index is 5.10. The van der Waals surface area contributed by atoms with Gasteiger partial charge in [-0.3, -0.25) is 0 Å². The Labute approximate surface area is 95.5 Å². The Balaban J connectivity index is 2.52. The molecule has 1 aromatic rings. The second kappa shape index (κ2) is 5.88. The lowest BCUT2D eigenvalue weighted by molar-refractivity contribution is 0.993. The maximum absolute atomic E-state index is 5.10. The summed E-state index contributed by atoms with van der Waals surface area (Å²) in [5, 5.41) is 6.83. The zero-order chi connectivity index (χ0) is 10.4. The smallest absolute Gasteiger partial charge is 0.170 e. The molecule has 0 spiro atoms. The number of aryl methyl sites for hydroxylation is 1. The van der Waals surface area contributed by atoms with E-state index in [0.717, 1.165) is 18.0 Å². The van der Waals surface area contributed by atoms with Gasteiger partial charge in [0.15, 0.2) is 5.11 Å². The molecule has 0 aliphatic rings. The summed E-state index contributed by atoms with van der Waals surface area (Å²) in [5.41, 5.74) is 2.23. The van der Waals surface area contributed by atoms with Gasteiger partial charge in [-0.25, -0.2) is 0 Å². The summed E-state index contributed by atoms with van der Waals surface area (Å²) in [7, 11) is 0. The van der Waals surface area contributed by atoms with Crippen LogP contribution in [0.5, 0.6) is 0 Å². The summed E-state index contributed by atoms with van der Waals surface area (Å²) in [6, 6.07) is 8.04. The molecule has 0 aliphatic carbocycles. The van der Waals surface area contributed by atoms with Gasteiger partial charge in [-0.05, 0) is 30.8 Å². The highest BCUT2D eigenvalue weighted by molar-refractivity contribution is 7.80. The molecule has 1 aromatic carbocycles. The molecule has 0 radical (unpaired) electrons. The molecule has 1 rings (SSSR count). The van der Waals surface area contributed by atoms with Gasteiger partial charge in [-0.1, -0.05) is 18.2 Å². The number of benzene rings is 1. The van der Waals surface area contributed by atoms with Crippen molar-refractivity contribution in [3.8, 4) is 0 Å². The minimum atomic E-state index is 0.647. The Morgan fingerprint density at radius 1 is 1.43 bits per heavy atom. The van der Waals surface area contributed by atoms with E-state index >= 15 is 0 Å². The Kier molecular flexibility index (Phi) is 4.76. The van der Waals surface area contributed by atoms with Crippen molar-refractivity contribution in [2.75, 3.05) is 17.6 Å². The number of hydrogen-bond donors (Lipinski definition) is 3. The molecule has 0 bridgehead atoms. The third-order valence-corrected chi connectivity index (χ3v) is 2.26. The quantitative estimate of drug-likeness (QED) is 0.544. The molecule has 0 unspecified atom stereocenters. The first-order chi connectivity index (χ1) is 6.74. The molecule has 2 nitrogen and oxygen atoms in total. The largest absolute Gasteiger partial charge is 0.362 e. The van der Waals surface area contributed by atoms with Crippen molar-refractivity contribution < 1.29 is 0 Å². The Morgan fingerprint density at radius 2 is 2.14 bits per heavy atom. The van der Waals surface area contributed by atoms with Gasteiger partial charge in [0.05, 0.1) is 0 Å². The van der Waals surface area contributed by atoms with Crippen molar-refractivity contribution in [2.45, 2.75) is 6.92 Å². The van der Waals surface area contributed by atoms with E-state index < -0.39 is 0 Å². The second-order valence-corrected chi connectivity index (χ2v) is 3.77. The summed E-state index contributed by atoms with van der Waals surface area (Å²) in [6.45, 7) is 2.82. The SMILES string of the molecule is Cc1ccccc1NC(=S)NCCS.